The van der Waals surface area contributed by atoms with Crippen LogP contribution in [0.4, 0.5) is 11.4 Å². The SMILES string of the molecule is O=[N+]([O-])c1ccccc1NS(=O)(=O)c1ccc(Br)cc1. The first-order chi connectivity index (χ1) is 9.40. The number of nitro groups is 1. The molecule has 104 valence electrons. The average Bonchev–Trinajstić information content (AvgIpc) is 2.39. The molecule has 0 spiro atoms. The maximum atomic E-state index is 12.1. The number of hydrogen-bond acceptors (Lipinski definition) is 4. The molecule has 0 aromatic heterocycles. The highest BCUT2D eigenvalue weighted by atomic mass is 79.9. The van der Waals surface area contributed by atoms with Gasteiger partial charge in [-0.25, -0.2) is 8.42 Å². The van der Waals surface area contributed by atoms with Crippen molar-refractivity contribution in [1.82, 2.24) is 0 Å². The summed E-state index contributed by atoms with van der Waals surface area (Å²) in [7, 11) is -3.86. The molecule has 0 saturated carbocycles. The Kier molecular flexibility index (Phi) is 4.05. The summed E-state index contributed by atoms with van der Waals surface area (Å²) in [6.45, 7) is 0. The van der Waals surface area contributed by atoms with Crippen LogP contribution in [0.2, 0.25) is 0 Å². The Morgan fingerprint density at radius 1 is 1.05 bits per heavy atom. The van der Waals surface area contributed by atoms with E-state index in [-0.39, 0.29) is 16.3 Å². The fourth-order valence-electron chi connectivity index (χ4n) is 1.54. The minimum atomic E-state index is -3.86. The predicted molar refractivity (Wildman–Crippen MR) is 78.0 cm³/mol. The number of anilines is 1. The standard InChI is InChI=1S/C12H9BrN2O4S/c13-9-5-7-10(8-6-9)20(18,19)14-11-3-1-2-4-12(11)15(16)17/h1-8,14H. The number of nitrogens with one attached hydrogen (secondary N) is 1. The topological polar surface area (TPSA) is 89.3 Å². The summed E-state index contributed by atoms with van der Waals surface area (Å²) in [6, 6.07) is 11.5. The zero-order chi connectivity index (χ0) is 14.8. The lowest BCUT2D eigenvalue weighted by Crippen LogP contribution is -2.13. The summed E-state index contributed by atoms with van der Waals surface area (Å²) < 4.78 is 27.2. The van der Waals surface area contributed by atoms with Crippen molar-refractivity contribution in [3.8, 4) is 0 Å². The maximum absolute atomic E-state index is 12.1. The van der Waals surface area contributed by atoms with Gasteiger partial charge in [-0.15, -0.1) is 0 Å². The van der Waals surface area contributed by atoms with E-state index in [9.17, 15) is 18.5 Å². The summed E-state index contributed by atoms with van der Waals surface area (Å²) in [5.74, 6) is 0. The molecule has 6 nitrogen and oxygen atoms in total. The third-order valence-electron chi connectivity index (χ3n) is 2.47. The summed E-state index contributed by atoms with van der Waals surface area (Å²) in [4.78, 5) is 10.2. The van der Waals surface area contributed by atoms with Gasteiger partial charge in [0.15, 0.2) is 0 Å². The molecule has 0 amide bonds. The first kappa shape index (κ1) is 14.5. The molecule has 8 heteroatoms. The van der Waals surface area contributed by atoms with Gasteiger partial charge >= 0.3 is 0 Å². The largest absolute Gasteiger partial charge is 0.293 e. The molecule has 0 bridgehead atoms. The molecule has 0 fully saturated rings. The third kappa shape index (κ3) is 3.14. The first-order valence-electron chi connectivity index (χ1n) is 5.42. The van der Waals surface area contributed by atoms with Gasteiger partial charge in [0.1, 0.15) is 5.69 Å². The molecule has 0 atom stereocenters. The van der Waals surface area contributed by atoms with Gasteiger partial charge in [0, 0.05) is 10.5 Å². The number of para-hydroxylation sites is 2. The van der Waals surface area contributed by atoms with Crippen molar-refractivity contribution in [2.75, 3.05) is 4.72 Å². The molecular formula is C12H9BrN2O4S. The summed E-state index contributed by atoms with van der Waals surface area (Å²) >= 11 is 3.21. The zero-order valence-corrected chi connectivity index (χ0v) is 12.4. The van der Waals surface area contributed by atoms with Crippen LogP contribution < -0.4 is 4.72 Å². The molecule has 2 rings (SSSR count). The quantitative estimate of drug-likeness (QED) is 0.672. The summed E-state index contributed by atoms with van der Waals surface area (Å²) in [5.41, 5.74) is -0.367. The fourth-order valence-corrected chi connectivity index (χ4v) is 2.88. The van der Waals surface area contributed by atoms with Crippen LogP contribution in [0.25, 0.3) is 0 Å². The number of benzene rings is 2. The third-order valence-corrected chi connectivity index (χ3v) is 4.38. The molecule has 1 N–H and O–H groups in total. The van der Waals surface area contributed by atoms with E-state index in [0.29, 0.717) is 0 Å². The van der Waals surface area contributed by atoms with E-state index < -0.39 is 14.9 Å². The minimum Gasteiger partial charge on any atom is -0.273 e. The van der Waals surface area contributed by atoms with Gasteiger partial charge in [-0.3, -0.25) is 14.8 Å². The average molecular weight is 357 g/mol. The molecule has 20 heavy (non-hydrogen) atoms. The van der Waals surface area contributed by atoms with E-state index >= 15 is 0 Å². The van der Waals surface area contributed by atoms with Gasteiger partial charge in [0.25, 0.3) is 15.7 Å². The number of nitrogens with zero attached hydrogens (tertiary/aromatic N) is 1. The lowest BCUT2D eigenvalue weighted by Gasteiger charge is -2.08. The molecular weight excluding hydrogens is 348 g/mol. The Labute approximate surface area is 123 Å². The zero-order valence-electron chi connectivity index (χ0n) is 9.99. The minimum absolute atomic E-state index is 0.0267. The molecule has 0 aliphatic carbocycles. The second-order valence-corrected chi connectivity index (χ2v) is 6.43. The number of nitro benzene ring substituents is 1. The molecule has 0 aliphatic rings. The molecule has 2 aromatic rings. The molecule has 0 unspecified atom stereocenters. The highest BCUT2D eigenvalue weighted by Crippen LogP contribution is 2.26. The maximum Gasteiger partial charge on any atom is 0.293 e. The van der Waals surface area contributed by atoms with Gasteiger partial charge in [-0.05, 0) is 30.3 Å². The van der Waals surface area contributed by atoms with Crippen molar-refractivity contribution < 1.29 is 13.3 Å². The van der Waals surface area contributed by atoms with Gasteiger partial charge in [-0.1, -0.05) is 28.1 Å². The lowest BCUT2D eigenvalue weighted by molar-refractivity contribution is -0.383. The van der Waals surface area contributed by atoms with Gasteiger partial charge < -0.3 is 0 Å². The summed E-state index contributed by atoms with van der Waals surface area (Å²) in [5, 5.41) is 10.9. The van der Waals surface area contributed by atoms with Crippen molar-refractivity contribution in [3.05, 3.63) is 63.1 Å². The second kappa shape index (κ2) is 5.59. The molecule has 2 aromatic carbocycles. The lowest BCUT2D eigenvalue weighted by atomic mass is 10.3. The van der Waals surface area contributed by atoms with E-state index in [1.165, 1.54) is 36.4 Å². The van der Waals surface area contributed by atoms with Crippen LogP contribution in [0.5, 0.6) is 0 Å². The Hall–Kier alpha value is -1.93. The number of rotatable bonds is 4. The molecule has 0 radical (unpaired) electrons. The Morgan fingerprint density at radius 2 is 1.65 bits per heavy atom. The van der Waals surface area contributed by atoms with Gasteiger partial charge in [0.05, 0.1) is 9.82 Å². The normalized spacial score (nSPS) is 11.1. The highest BCUT2D eigenvalue weighted by molar-refractivity contribution is 9.10. The van der Waals surface area contributed by atoms with Crippen LogP contribution in [0.3, 0.4) is 0 Å². The summed E-state index contributed by atoms with van der Waals surface area (Å²) in [6.07, 6.45) is 0. The fraction of sp³-hybridized carbons (Fsp3) is 0. The Bertz CT molecular complexity index is 744. The second-order valence-electron chi connectivity index (χ2n) is 3.83. The van der Waals surface area contributed by atoms with Crippen LogP contribution in [0.1, 0.15) is 0 Å². The number of halogens is 1. The first-order valence-corrected chi connectivity index (χ1v) is 7.69. The van der Waals surface area contributed by atoms with Gasteiger partial charge in [-0.2, -0.15) is 0 Å². The van der Waals surface area contributed by atoms with Crippen LogP contribution in [0.15, 0.2) is 57.9 Å². The molecule has 0 saturated heterocycles. The van der Waals surface area contributed by atoms with E-state index in [1.54, 1.807) is 12.1 Å². The Balaban J connectivity index is 2.38. The van der Waals surface area contributed by atoms with Crippen LogP contribution in [-0.2, 0) is 10.0 Å². The van der Waals surface area contributed by atoms with E-state index in [1.807, 2.05) is 0 Å². The number of sulfonamides is 1. The van der Waals surface area contributed by atoms with Crippen molar-refractivity contribution in [2.24, 2.45) is 0 Å². The van der Waals surface area contributed by atoms with Crippen LogP contribution in [0, 0.1) is 10.1 Å². The molecule has 0 aliphatic heterocycles. The van der Waals surface area contributed by atoms with Crippen molar-refractivity contribution in [3.63, 3.8) is 0 Å². The van der Waals surface area contributed by atoms with Crippen LogP contribution >= 0.6 is 15.9 Å². The van der Waals surface area contributed by atoms with E-state index in [0.717, 1.165) is 4.47 Å². The van der Waals surface area contributed by atoms with Crippen molar-refractivity contribution in [1.29, 1.82) is 0 Å². The smallest absolute Gasteiger partial charge is 0.273 e. The van der Waals surface area contributed by atoms with Crippen molar-refractivity contribution in [2.45, 2.75) is 4.90 Å². The van der Waals surface area contributed by atoms with E-state index in [4.69, 9.17) is 0 Å². The van der Waals surface area contributed by atoms with Crippen LogP contribution in [-0.4, -0.2) is 13.3 Å². The molecule has 0 heterocycles. The highest BCUT2D eigenvalue weighted by Gasteiger charge is 2.20. The number of hydrogen-bond donors (Lipinski definition) is 1. The van der Waals surface area contributed by atoms with E-state index in [2.05, 4.69) is 20.7 Å². The van der Waals surface area contributed by atoms with Crippen molar-refractivity contribution >= 4 is 37.3 Å². The van der Waals surface area contributed by atoms with Gasteiger partial charge in [0.2, 0.25) is 0 Å². The predicted octanol–water partition coefficient (Wildman–Crippen LogP) is 3.16. The monoisotopic (exact) mass is 356 g/mol. The Morgan fingerprint density at radius 3 is 2.25 bits per heavy atom.